The fraction of sp³-hybridized carbons (Fsp3) is 0.231. The number of ketones is 1. The number of pyridine rings is 1. The van der Waals surface area contributed by atoms with E-state index in [1.807, 2.05) is 30.1 Å². The van der Waals surface area contributed by atoms with E-state index >= 15 is 0 Å². The fourth-order valence-corrected chi connectivity index (χ4v) is 1.51. The lowest BCUT2D eigenvalue weighted by atomic mass is 10.4. The third-order valence-electron chi connectivity index (χ3n) is 2.51. The molecule has 0 amide bonds. The molecule has 0 bridgehead atoms. The molecule has 0 spiro atoms. The number of hydrogen-bond acceptors (Lipinski definition) is 6. The predicted octanol–water partition coefficient (Wildman–Crippen LogP) is 1.64. The number of carbonyl (C=O) groups excluding carboxylic acids is 1. The fourth-order valence-electron chi connectivity index (χ4n) is 1.51. The van der Waals surface area contributed by atoms with Crippen LogP contribution in [0.1, 0.15) is 6.92 Å². The molecule has 1 N–H and O–H groups in total. The van der Waals surface area contributed by atoms with E-state index in [4.69, 9.17) is 0 Å². The Balaban J connectivity index is 2.16. The minimum Gasteiger partial charge on any atom is -0.363 e. The maximum atomic E-state index is 10.9. The van der Waals surface area contributed by atoms with Crippen LogP contribution in [0.25, 0.3) is 0 Å². The van der Waals surface area contributed by atoms with Crippen LogP contribution in [-0.2, 0) is 4.79 Å². The number of anilines is 3. The van der Waals surface area contributed by atoms with Crippen LogP contribution in [-0.4, -0.2) is 34.3 Å². The van der Waals surface area contributed by atoms with E-state index in [1.165, 1.54) is 13.3 Å². The number of Topliss-reactive ketones (excluding diaryl/α,β-unsaturated/α-hetero) is 1. The molecule has 2 aromatic heterocycles. The van der Waals surface area contributed by atoms with Gasteiger partial charge in [-0.05, 0) is 19.1 Å². The third kappa shape index (κ3) is 3.48. The maximum Gasteiger partial charge on any atom is 0.148 e. The molecule has 0 radical (unpaired) electrons. The monoisotopic (exact) mass is 257 g/mol. The Morgan fingerprint density at radius 2 is 2.11 bits per heavy atom. The molecule has 19 heavy (non-hydrogen) atoms. The summed E-state index contributed by atoms with van der Waals surface area (Å²) in [4.78, 5) is 25.3. The van der Waals surface area contributed by atoms with Crippen molar-refractivity contribution in [1.29, 1.82) is 0 Å². The highest BCUT2D eigenvalue weighted by Crippen LogP contribution is 2.19. The highest BCUT2D eigenvalue weighted by molar-refractivity contribution is 5.80. The van der Waals surface area contributed by atoms with Gasteiger partial charge in [0.05, 0.1) is 6.54 Å². The first kappa shape index (κ1) is 12.9. The quantitative estimate of drug-likeness (QED) is 0.878. The largest absolute Gasteiger partial charge is 0.363 e. The van der Waals surface area contributed by atoms with Crippen molar-refractivity contribution in [2.24, 2.45) is 0 Å². The summed E-state index contributed by atoms with van der Waals surface area (Å²) < 4.78 is 0. The normalized spacial score (nSPS) is 10.0. The molecule has 2 rings (SSSR count). The SMILES string of the molecule is CC(=O)CNc1cc(N(C)c2ccccn2)ncn1. The number of hydrogen-bond donors (Lipinski definition) is 1. The minimum absolute atomic E-state index is 0.0539. The highest BCUT2D eigenvalue weighted by atomic mass is 16.1. The van der Waals surface area contributed by atoms with E-state index < -0.39 is 0 Å². The molecule has 0 atom stereocenters. The molecule has 0 unspecified atom stereocenters. The standard InChI is InChI=1S/C13H15N5O/c1-10(19)8-15-11-7-13(17-9-16-11)18(2)12-5-3-4-6-14-12/h3-7,9H,8H2,1-2H3,(H,15,16,17). The first-order chi connectivity index (χ1) is 9.16. The van der Waals surface area contributed by atoms with Crippen LogP contribution in [0.3, 0.4) is 0 Å². The highest BCUT2D eigenvalue weighted by Gasteiger charge is 2.07. The van der Waals surface area contributed by atoms with Gasteiger partial charge in [-0.25, -0.2) is 15.0 Å². The van der Waals surface area contributed by atoms with Crippen LogP contribution < -0.4 is 10.2 Å². The second kappa shape index (κ2) is 5.90. The van der Waals surface area contributed by atoms with Crippen LogP contribution in [0, 0.1) is 0 Å². The molecule has 0 aromatic carbocycles. The molecule has 0 aliphatic heterocycles. The van der Waals surface area contributed by atoms with Gasteiger partial charge in [-0.1, -0.05) is 6.07 Å². The first-order valence-corrected chi connectivity index (χ1v) is 5.87. The zero-order chi connectivity index (χ0) is 13.7. The average Bonchev–Trinajstić information content (AvgIpc) is 2.45. The Morgan fingerprint density at radius 3 is 2.79 bits per heavy atom. The van der Waals surface area contributed by atoms with E-state index in [9.17, 15) is 4.79 Å². The molecule has 6 heteroatoms. The summed E-state index contributed by atoms with van der Waals surface area (Å²) in [6.45, 7) is 1.78. The van der Waals surface area contributed by atoms with Gasteiger partial charge in [-0.3, -0.25) is 4.79 Å². The lowest BCUT2D eigenvalue weighted by Gasteiger charge is -2.17. The number of carbonyl (C=O) groups is 1. The molecule has 0 saturated carbocycles. The van der Waals surface area contributed by atoms with Crippen molar-refractivity contribution < 1.29 is 4.79 Å². The molecule has 0 aliphatic rings. The Morgan fingerprint density at radius 1 is 1.26 bits per heavy atom. The maximum absolute atomic E-state index is 10.9. The van der Waals surface area contributed by atoms with Gasteiger partial charge < -0.3 is 10.2 Å². The van der Waals surface area contributed by atoms with E-state index in [0.717, 1.165) is 5.82 Å². The average molecular weight is 257 g/mol. The number of rotatable bonds is 5. The lowest BCUT2D eigenvalue weighted by molar-refractivity contribution is -0.115. The van der Waals surface area contributed by atoms with E-state index in [1.54, 1.807) is 12.3 Å². The molecule has 0 aliphatic carbocycles. The summed E-state index contributed by atoms with van der Waals surface area (Å²) in [7, 11) is 1.87. The molecule has 2 heterocycles. The zero-order valence-corrected chi connectivity index (χ0v) is 10.9. The third-order valence-corrected chi connectivity index (χ3v) is 2.51. The van der Waals surface area contributed by atoms with Crippen molar-refractivity contribution in [3.63, 3.8) is 0 Å². The number of nitrogens with one attached hydrogen (secondary N) is 1. The van der Waals surface area contributed by atoms with Gasteiger partial charge >= 0.3 is 0 Å². The molecular weight excluding hydrogens is 242 g/mol. The van der Waals surface area contributed by atoms with Gasteiger partial charge in [0, 0.05) is 19.3 Å². The predicted molar refractivity (Wildman–Crippen MR) is 73.5 cm³/mol. The van der Waals surface area contributed by atoms with Gasteiger partial charge in [0.2, 0.25) is 0 Å². The van der Waals surface area contributed by atoms with E-state index in [0.29, 0.717) is 11.6 Å². The summed E-state index contributed by atoms with van der Waals surface area (Å²) in [5, 5.41) is 2.94. The molecular formula is C13H15N5O. The van der Waals surface area contributed by atoms with Crippen molar-refractivity contribution in [2.45, 2.75) is 6.92 Å². The van der Waals surface area contributed by atoms with Gasteiger partial charge in [0.1, 0.15) is 29.6 Å². The molecule has 6 nitrogen and oxygen atoms in total. The Kier molecular flexibility index (Phi) is 4.02. The summed E-state index contributed by atoms with van der Waals surface area (Å²) in [6, 6.07) is 7.44. The van der Waals surface area contributed by atoms with Gasteiger partial charge in [-0.2, -0.15) is 0 Å². The number of aromatic nitrogens is 3. The van der Waals surface area contributed by atoms with Crippen LogP contribution in [0.5, 0.6) is 0 Å². The lowest BCUT2D eigenvalue weighted by Crippen LogP contribution is -2.15. The van der Waals surface area contributed by atoms with E-state index in [2.05, 4.69) is 20.3 Å². The molecule has 2 aromatic rings. The first-order valence-electron chi connectivity index (χ1n) is 5.87. The molecule has 0 fully saturated rings. The van der Waals surface area contributed by atoms with Gasteiger partial charge in [0.25, 0.3) is 0 Å². The Labute approximate surface area is 111 Å². The minimum atomic E-state index is 0.0539. The van der Waals surface area contributed by atoms with Crippen LogP contribution in [0.4, 0.5) is 17.5 Å². The zero-order valence-electron chi connectivity index (χ0n) is 10.9. The van der Waals surface area contributed by atoms with Crippen molar-refractivity contribution in [3.8, 4) is 0 Å². The second-order valence-corrected chi connectivity index (χ2v) is 4.06. The van der Waals surface area contributed by atoms with Crippen LogP contribution in [0.2, 0.25) is 0 Å². The summed E-state index contributed by atoms with van der Waals surface area (Å²) in [5.41, 5.74) is 0. The van der Waals surface area contributed by atoms with E-state index in [-0.39, 0.29) is 12.3 Å². The number of nitrogens with zero attached hydrogens (tertiary/aromatic N) is 4. The Hall–Kier alpha value is -2.50. The van der Waals surface area contributed by atoms with Crippen molar-refractivity contribution >= 4 is 23.2 Å². The van der Waals surface area contributed by atoms with Crippen molar-refractivity contribution in [1.82, 2.24) is 15.0 Å². The summed E-state index contributed by atoms with van der Waals surface area (Å²) >= 11 is 0. The van der Waals surface area contributed by atoms with Crippen molar-refractivity contribution in [2.75, 3.05) is 23.8 Å². The molecule has 98 valence electrons. The smallest absolute Gasteiger partial charge is 0.148 e. The topological polar surface area (TPSA) is 71.0 Å². The summed E-state index contributed by atoms with van der Waals surface area (Å²) in [5.74, 6) is 2.17. The summed E-state index contributed by atoms with van der Waals surface area (Å²) in [6.07, 6.45) is 3.18. The second-order valence-electron chi connectivity index (χ2n) is 4.06. The Bertz CT molecular complexity index is 558. The van der Waals surface area contributed by atoms with Crippen LogP contribution >= 0.6 is 0 Å². The van der Waals surface area contributed by atoms with Gasteiger partial charge in [0.15, 0.2) is 0 Å². The molecule has 0 saturated heterocycles. The van der Waals surface area contributed by atoms with Crippen LogP contribution in [0.15, 0.2) is 36.8 Å². The van der Waals surface area contributed by atoms with Crippen molar-refractivity contribution in [3.05, 3.63) is 36.8 Å². The van der Waals surface area contributed by atoms with Gasteiger partial charge in [-0.15, -0.1) is 0 Å².